The van der Waals surface area contributed by atoms with E-state index in [0.29, 0.717) is 0 Å². The Kier molecular flexibility index (Phi) is 3.68. The summed E-state index contributed by atoms with van der Waals surface area (Å²) in [6.45, 7) is 1.54. The highest BCUT2D eigenvalue weighted by molar-refractivity contribution is 5.92. The van der Waals surface area contributed by atoms with Crippen LogP contribution < -0.4 is 5.32 Å². The molecule has 6 nitrogen and oxygen atoms in total. The van der Waals surface area contributed by atoms with Crippen molar-refractivity contribution in [1.29, 1.82) is 0 Å². The number of halogens is 3. The van der Waals surface area contributed by atoms with Crippen LogP contribution in [0.25, 0.3) is 0 Å². The predicted molar refractivity (Wildman–Crippen MR) is 62.6 cm³/mol. The van der Waals surface area contributed by atoms with Crippen LogP contribution >= 0.6 is 0 Å². The van der Waals surface area contributed by atoms with Gasteiger partial charge in [0.1, 0.15) is 24.5 Å². The topological polar surface area (TPSA) is 72.7 Å². The number of carbonyl (C=O) groups excluding carboxylic acids is 1. The minimum atomic E-state index is -4.49. The Bertz CT molecular complexity index is 596. The standard InChI is InChI=1S/C11H10F3N5O/c1-7(19-6-15-5-17-19)10(20)18-9-4-8(2-3-16-9)11(12,13)14/h2-7H,1H3,(H,16,18,20)/t7-/m1/s1. The molecule has 0 saturated heterocycles. The maximum atomic E-state index is 12.5. The third-order valence-electron chi connectivity index (χ3n) is 2.55. The molecule has 0 fully saturated rings. The lowest BCUT2D eigenvalue weighted by Crippen LogP contribution is -2.24. The SMILES string of the molecule is C[C@H](C(=O)Nc1cc(C(F)(F)F)ccn1)n1cncn1. The molecule has 0 spiro atoms. The molecule has 2 aromatic heterocycles. The Morgan fingerprint density at radius 2 is 2.20 bits per heavy atom. The van der Waals surface area contributed by atoms with Crippen molar-refractivity contribution in [2.45, 2.75) is 19.1 Å². The fourth-order valence-corrected chi connectivity index (χ4v) is 1.44. The number of amides is 1. The number of pyridine rings is 1. The molecule has 2 aromatic rings. The van der Waals surface area contributed by atoms with Gasteiger partial charge in [-0.1, -0.05) is 0 Å². The maximum Gasteiger partial charge on any atom is 0.416 e. The summed E-state index contributed by atoms with van der Waals surface area (Å²) in [6, 6.07) is 0.886. The Hall–Kier alpha value is -2.45. The van der Waals surface area contributed by atoms with E-state index in [1.807, 2.05) is 0 Å². The van der Waals surface area contributed by atoms with Crippen molar-refractivity contribution in [3.8, 4) is 0 Å². The van der Waals surface area contributed by atoms with Crippen molar-refractivity contribution in [2.24, 2.45) is 0 Å². The van der Waals surface area contributed by atoms with Crippen LogP contribution in [0.15, 0.2) is 31.0 Å². The molecule has 0 bridgehead atoms. The van der Waals surface area contributed by atoms with Gasteiger partial charge in [-0.15, -0.1) is 0 Å². The van der Waals surface area contributed by atoms with E-state index in [1.54, 1.807) is 0 Å². The lowest BCUT2D eigenvalue weighted by molar-refractivity contribution is -0.137. The first-order valence-electron chi connectivity index (χ1n) is 5.56. The van der Waals surface area contributed by atoms with Gasteiger partial charge < -0.3 is 5.32 Å². The number of alkyl halides is 3. The van der Waals surface area contributed by atoms with E-state index < -0.39 is 23.7 Å². The van der Waals surface area contributed by atoms with Crippen molar-refractivity contribution in [2.75, 3.05) is 5.32 Å². The molecule has 1 N–H and O–H groups in total. The number of carbonyl (C=O) groups is 1. The van der Waals surface area contributed by atoms with Gasteiger partial charge in [-0.2, -0.15) is 18.3 Å². The van der Waals surface area contributed by atoms with Crippen LogP contribution in [0.2, 0.25) is 0 Å². The Labute approximate surface area is 111 Å². The van der Waals surface area contributed by atoms with E-state index in [4.69, 9.17) is 0 Å². The van der Waals surface area contributed by atoms with Crippen molar-refractivity contribution >= 4 is 11.7 Å². The monoisotopic (exact) mass is 285 g/mol. The lowest BCUT2D eigenvalue weighted by Gasteiger charge is -2.12. The molecule has 1 atom stereocenters. The van der Waals surface area contributed by atoms with Crippen LogP contribution in [-0.2, 0) is 11.0 Å². The van der Waals surface area contributed by atoms with Crippen LogP contribution in [0.1, 0.15) is 18.5 Å². The first-order valence-corrected chi connectivity index (χ1v) is 5.56. The Morgan fingerprint density at radius 3 is 2.80 bits per heavy atom. The van der Waals surface area contributed by atoms with Crippen molar-refractivity contribution in [3.63, 3.8) is 0 Å². The van der Waals surface area contributed by atoms with Crippen LogP contribution in [0.3, 0.4) is 0 Å². The summed E-state index contributed by atoms with van der Waals surface area (Å²) in [4.78, 5) is 19.2. The minimum Gasteiger partial charge on any atom is -0.309 e. The summed E-state index contributed by atoms with van der Waals surface area (Å²) in [5.74, 6) is -0.709. The fraction of sp³-hybridized carbons (Fsp3) is 0.273. The average molecular weight is 285 g/mol. The molecule has 106 valence electrons. The predicted octanol–water partition coefficient (Wildman–Crippen LogP) is 1.89. The van der Waals surface area contributed by atoms with Crippen LogP contribution in [-0.4, -0.2) is 25.7 Å². The second-order valence-electron chi connectivity index (χ2n) is 3.97. The van der Waals surface area contributed by atoms with Gasteiger partial charge in [0.15, 0.2) is 0 Å². The molecule has 1 amide bonds. The summed E-state index contributed by atoms with van der Waals surface area (Å²) in [7, 11) is 0. The third-order valence-corrected chi connectivity index (χ3v) is 2.55. The number of aromatic nitrogens is 4. The summed E-state index contributed by atoms with van der Waals surface area (Å²) >= 11 is 0. The number of hydrogen-bond donors (Lipinski definition) is 1. The number of anilines is 1. The highest BCUT2D eigenvalue weighted by Crippen LogP contribution is 2.29. The highest BCUT2D eigenvalue weighted by Gasteiger charge is 2.31. The number of hydrogen-bond acceptors (Lipinski definition) is 4. The van der Waals surface area contributed by atoms with E-state index in [0.717, 1.165) is 18.3 Å². The largest absolute Gasteiger partial charge is 0.416 e. The molecule has 0 radical (unpaired) electrons. The summed E-state index contributed by atoms with van der Waals surface area (Å²) in [5.41, 5.74) is -0.879. The first kappa shape index (κ1) is 14.0. The molecule has 0 aromatic carbocycles. The number of rotatable bonds is 3. The van der Waals surface area contributed by atoms with Crippen LogP contribution in [0, 0.1) is 0 Å². The smallest absolute Gasteiger partial charge is 0.309 e. The Morgan fingerprint density at radius 1 is 1.45 bits per heavy atom. The molecule has 0 aliphatic carbocycles. The van der Waals surface area contributed by atoms with Crippen molar-refractivity contribution < 1.29 is 18.0 Å². The minimum absolute atomic E-state index is 0.170. The van der Waals surface area contributed by atoms with E-state index >= 15 is 0 Å². The van der Waals surface area contributed by atoms with Gasteiger partial charge in [-0.3, -0.25) is 4.79 Å². The second-order valence-corrected chi connectivity index (χ2v) is 3.97. The Balaban J connectivity index is 2.12. The molecule has 9 heteroatoms. The molecular formula is C11H10F3N5O. The van der Waals surface area contributed by atoms with Crippen molar-refractivity contribution in [3.05, 3.63) is 36.5 Å². The average Bonchev–Trinajstić information content (AvgIpc) is 2.91. The van der Waals surface area contributed by atoms with Crippen LogP contribution in [0.4, 0.5) is 19.0 Å². The molecule has 0 aliphatic heterocycles. The zero-order valence-electron chi connectivity index (χ0n) is 10.3. The van der Waals surface area contributed by atoms with Crippen molar-refractivity contribution in [1.82, 2.24) is 19.7 Å². The van der Waals surface area contributed by atoms with E-state index in [1.165, 1.54) is 24.3 Å². The first-order chi connectivity index (χ1) is 9.38. The third kappa shape index (κ3) is 3.11. The van der Waals surface area contributed by atoms with Crippen LogP contribution in [0.5, 0.6) is 0 Å². The van der Waals surface area contributed by atoms with E-state index in [2.05, 4.69) is 20.4 Å². The highest BCUT2D eigenvalue weighted by atomic mass is 19.4. The molecule has 2 heterocycles. The van der Waals surface area contributed by atoms with E-state index in [9.17, 15) is 18.0 Å². The molecule has 0 saturated carbocycles. The fourth-order valence-electron chi connectivity index (χ4n) is 1.44. The molecule has 2 rings (SSSR count). The summed E-state index contributed by atoms with van der Waals surface area (Å²) in [5, 5.41) is 6.08. The van der Waals surface area contributed by atoms with Gasteiger partial charge in [0.2, 0.25) is 5.91 Å². The normalized spacial score (nSPS) is 13.0. The summed E-state index contributed by atoms with van der Waals surface area (Å²) in [6.07, 6.45) is -0.908. The quantitative estimate of drug-likeness (QED) is 0.934. The van der Waals surface area contributed by atoms with Gasteiger partial charge in [0.05, 0.1) is 5.56 Å². The van der Waals surface area contributed by atoms with Gasteiger partial charge in [-0.05, 0) is 19.1 Å². The molecular weight excluding hydrogens is 275 g/mol. The van der Waals surface area contributed by atoms with Gasteiger partial charge >= 0.3 is 6.18 Å². The molecule has 20 heavy (non-hydrogen) atoms. The van der Waals surface area contributed by atoms with Gasteiger partial charge in [-0.25, -0.2) is 14.6 Å². The van der Waals surface area contributed by atoms with Gasteiger partial charge in [0, 0.05) is 6.20 Å². The second kappa shape index (κ2) is 5.27. The summed E-state index contributed by atoms with van der Waals surface area (Å²) < 4.78 is 38.9. The molecule has 0 aliphatic rings. The maximum absolute atomic E-state index is 12.5. The zero-order chi connectivity index (χ0) is 14.8. The molecule has 0 unspecified atom stereocenters. The van der Waals surface area contributed by atoms with E-state index in [-0.39, 0.29) is 5.82 Å². The number of nitrogens with zero attached hydrogens (tertiary/aromatic N) is 4. The number of nitrogens with one attached hydrogen (secondary N) is 1. The lowest BCUT2D eigenvalue weighted by atomic mass is 10.2. The van der Waals surface area contributed by atoms with Gasteiger partial charge in [0.25, 0.3) is 0 Å². The zero-order valence-corrected chi connectivity index (χ0v) is 10.3.